The smallest absolute Gasteiger partial charge is 0.321 e. The third kappa shape index (κ3) is 4.02. The second-order valence-corrected chi connectivity index (χ2v) is 8.41. The summed E-state index contributed by atoms with van der Waals surface area (Å²) < 4.78 is 23.4. The second-order valence-electron chi connectivity index (χ2n) is 6.18. The van der Waals surface area contributed by atoms with Crippen LogP contribution in [0.3, 0.4) is 0 Å². The predicted octanol–water partition coefficient (Wildman–Crippen LogP) is 3.39. The van der Waals surface area contributed by atoms with Crippen LogP contribution in [0.5, 0.6) is 0 Å². The molecule has 0 bridgehead atoms. The van der Waals surface area contributed by atoms with Crippen LogP contribution in [0, 0.1) is 0 Å². The van der Waals surface area contributed by atoms with Crippen LogP contribution in [-0.2, 0) is 9.84 Å². The van der Waals surface area contributed by atoms with Crippen molar-refractivity contribution < 1.29 is 13.2 Å². The van der Waals surface area contributed by atoms with Gasteiger partial charge in [0.1, 0.15) is 0 Å². The van der Waals surface area contributed by atoms with E-state index < -0.39 is 9.84 Å². The number of urea groups is 1. The van der Waals surface area contributed by atoms with Crippen molar-refractivity contribution in [3.05, 3.63) is 54.6 Å². The molecule has 1 fully saturated rings. The Morgan fingerprint density at radius 3 is 2.44 bits per heavy atom. The van der Waals surface area contributed by atoms with Crippen LogP contribution >= 0.6 is 0 Å². The Morgan fingerprint density at radius 2 is 1.80 bits per heavy atom. The van der Waals surface area contributed by atoms with Gasteiger partial charge in [-0.25, -0.2) is 13.2 Å². The van der Waals surface area contributed by atoms with Gasteiger partial charge < -0.3 is 10.2 Å². The molecule has 3 rings (SSSR count). The van der Waals surface area contributed by atoms with E-state index in [1.165, 1.54) is 0 Å². The van der Waals surface area contributed by atoms with Gasteiger partial charge in [0.2, 0.25) is 0 Å². The van der Waals surface area contributed by atoms with E-state index in [-0.39, 0.29) is 23.6 Å². The number of amides is 2. The number of sulfone groups is 1. The Morgan fingerprint density at radius 1 is 1.12 bits per heavy atom. The molecule has 132 valence electrons. The van der Waals surface area contributed by atoms with Crippen LogP contribution in [-0.4, -0.2) is 43.4 Å². The molecule has 2 aromatic carbocycles. The molecule has 1 N–H and O–H groups in total. The molecule has 1 aliphatic rings. The van der Waals surface area contributed by atoms with Gasteiger partial charge in [0.15, 0.2) is 9.84 Å². The lowest BCUT2D eigenvalue weighted by molar-refractivity contribution is 0.198. The van der Waals surface area contributed by atoms with Crippen molar-refractivity contribution in [2.75, 3.05) is 23.4 Å². The number of nitrogens with zero attached hydrogens (tertiary/aromatic N) is 1. The SMILES string of the molecule is CCN(C(=O)Nc1ccccc1-c1ccccc1)[C@H]1CCS(=O)(=O)C1. The Kier molecular flexibility index (Phi) is 5.08. The summed E-state index contributed by atoms with van der Waals surface area (Å²) in [5.41, 5.74) is 2.68. The average Bonchev–Trinajstić information content (AvgIpc) is 2.96. The van der Waals surface area contributed by atoms with Gasteiger partial charge in [0.05, 0.1) is 17.2 Å². The summed E-state index contributed by atoms with van der Waals surface area (Å²) >= 11 is 0. The number of nitrogens with one attached hydrogen (secondary N) is 1. The predicted molar refractivity (Wildman–Crippen MR) is 100 cm³/mol. The van der Waals surface area contributed by atoms with Gasteiger partial charge in [-0.15, -0.1) is 0 Å². The largest absolute Gasteiger partial charge is 0.322 e. The number of benzene rings is 2. The molecule has 0 aromatic heterocycles. The van der Waals surface area contributed by atoms with E-state index >= 15 is 0 Å². The molecule has 0 spiro atoms. The van der Waals surface area contributed by atoms with Gasteiger partial charge >= 0.3 is 6.03 Å². The number of hydrogen-bond donors (Lipinski definition) is 1. The van der Waals surface area contributed by atoms with E-state index in [0.29, 0.717) is 13.0 Å². The van der Waals surface area contributed by atoms with Crippen molar-refractivity contribution in [1.29, 1.82) is 0 Å². The molecule has 2 aromatic rings. The van der Waals surface area contributed by atoms with Gasteiger partial charge in [-0.3, -0.25) is 0 Å². The standard InChI is InChI=1S/C19H22N2O3S/c1-2-21(16-12-13-25(23,24)14-16)19(22)20-18-11-7-6-10-17(18)15-8-4-3-5-9-15/h3-11,16H,2,12-14H2,1H3,(H,20,22)/t16-/m0/s1. The Hall–Kier alpha value is -2.34. The molecule has 6 heteroatoms. The van der Waals surface area contributed by atoms with Crippen LogP contribution < -0.4 is 5.32 Å². The number of rotatable bonds is 4. The number of hydrogen-bond acceptors (Lipinski definition) is 3. The van der Waals surface area contributed by atoms with Crippen molar-refractivity contribution in [3.8, 4) is 11.1 Å². The van der Waals surface area contributed by atoms with E-state index in [2.05, 4.69) is 5.32 Å². The van der Waals surface area contributed by atoms with Crippen LogP contribution in [0.1, 0.15) is 13.3 Å². The zero-order valence-electron chi connectivity index (χ0n) is 14.2. The van der Waals surface area contributed by atoms with Crippen LogP contribution in [0.15, 0.2) is 54.6 Å². The molecule has 1 aliphatic heterocycles. The number of carbonyl (C=O) groups is 1. The van der Waals surface area contributed by atoms with E-state index in [0.717, 1.165) is 16.8 Å². The molecule has 5 nitrogen and oxygen atoms in total. The molecule has 2 amide bonds. The maximum Gasteiger partial charge on any atom is 0.322 e. The second kappa shape index (κ2) is 7.27. The van der Waals surface area contributed by atoms with E-state index in [9.17, 15) is 13.2 Å². The Labute approximate surface area is 148 Å². The lowest BCUT2D eigenvalue weighted by atomic mass is 10.0. The van der Waals surface area contributed by atoms with E-state index in [1.54, 1.807) is 4.90 Å². The van der Waals surface area contributed by atoms with Crippen molar-refractivity contribution >= 4 is 21.6 Å². The molecule has 1 atom stereocenters. The topological polar surface area (TPSA) is 66.5 Å². The quantitative estimate of drug-likeness (QED) is 0.911. The normalized spacial score (nSPS) is 18.7. The molecule has 25 heavy (non-hydrogen) atoms. The summed E-state index contributed by atoms with van der Waals surface area (Å²) in [6, 6.07) is 17.0. The van der Waals surface area contributed by atoms with Crippen molar-refractivity contribution in [1.82, 2.24) is 4.90 Å². The van der Waals surface area contributed by atoms with Crippen molar-refractivity contribution in [2.24, 2.45) is 0 Å². The molecule has 0 saturated carbocycles. The fraction of sp³-hybridized carbons (Fsp3) is 0.316. The Bertz CT molecular complexity index is 850. The number of anilines is 1. The number of carbonyl (C=O) groups excluding carboxylic acids is 1. The number of para-hydroxylation sites is 1. The summed E-state index contributed by atoms with van der Waals surface area (Å²) in [7, 11) is -3.03. The minimum Gasteiger partial charge on any atom is -0.321 e. The molecule has 0 radical (unpaired) electrons. The zero-order valence-corrected chi connectivity index (χ0v) is 15.0. The summed E-state index contributed by atoms with van der Waals surface area (Å²) in [5.74, 6) is 0.205. The van der Waals surface area contributed by atoms with E-state index in [4.69, 9.17) is 0 Å². The van der Waals surface area contributed by atoms with Crippen LogP contribution in [0.2, 0.25) is 0 Å². The third-order valence-electron chi connectivity index (χ3n) is 4.50. The summed E-state index contributed by atoms with van der Waals surface area (Å²) in [6.45, 7) is 2.34. The first-order valence-corrected chi connectivity index (χ1v) is 10.2. The monoisotopic (exact) mass is 358 g/mol. The molecule has 1 saturated heterocycles. The molecule has 1 heterocycles. The first-order valence-electron chi connectivity index (χ1n) is 8.42. The molecular formula is C19H22N2O3S. The zero-order chi connectivity index (χ0) is 17.9. The minimum atomic E-state index is -3.03. The van der Waals surface area contributed by atoms with Gasteiger partial charge in [-0.2, -0.15) is 0 Å². The maximum atomic E-state index is 12.7. The third-order valence-corrected chi connectivity index (χ3v) is 6.25. The first-order chi connectivity index (χ1) is 12.0. The molecule has 0 aliphatic carbocycles. The summed E-state index contributed by atoms with van der Waals surface area (Å²) in [5, 5.41) is 2.96. The highest BCUT2D eigenvalue weighted by Gasteiger charge is 2.34. The molecular weight excluding hydrogens is 336 g/mol. The van der Waals surface area contributed by atoms with Crippen molar-refractivity contribution in [3.63, 3.8) is 0 Å². The fourth-order valence-electron chi connectivity index (χ4n) is 3.24. The minimum absolute atomic E-state index is 0.0502. The highest BCUT2D eigenvalue weighted by molar-refractivity contribution is 7.91. The van der Waals surface area contributed by atoms with Gasteiger partial charge in [0.25, 0.3) is 0 Å². The maximum absolute atomic E-state index is 12.7. The van der Waals surface area contributed by atoms with Crippen molar-refractivity contribution in [2.45, 2.75) is 19.4 Å². The van der Waals surface area contributed by atoms with Gasteiger partial charge in [-0.1, -0.05) is 48.5 Å². The van der Waals surface area contributed by atoms with E-state index in [1.807, 2.05) is 61.5 Å². The van der Waals surface area contributed by atoms with Crippen LogP contribution in [0.25, 0.3) is 11.1 Å². The highest BCUT2D eigenvalue weighted by atomic mass is 32.2. The summed E-state index contributed by atoms with van der Waals surface area (Å²) in [4.78, 5) is 14.4. The fourth-order valence-corrected chi connectivity index (χ4v) is 4.97. The first kappa shape index (κ1) is 17.5. The van der Waals surface area contributed by atoms with Crippen LogP contribution in [0.4, 0.5) is 10.5 Å². The average molecular weight is 358 g/mol. The summed E-state index contributed by atoms with van der Waals surface area (Å²) in [6.07, 6.45) is 0.504. The lowest BCUT2D eigenvalue weighted by Gasteiger charge is -2.27. The lowest BCUT2D eigenvalue weighted by Crippen LogP contribution is -2.43. The van der Waals surface area contributed by atoms with Gasteiger partial charge in [0, 0.05) is 18.2 Å². The van der Waals surface area contributed by atoms with Gasteiger partial charge in [-0.05, 0) is 25.0 Å². The highest BCUT2D eigenvalue weighted by Crippen LogP contribution is 2.28. The Balaban J connectivity index is 1.81. The molecule has 0 unspecified atom stereocenters.